The molecule has 2 aromatic carbocycles. The number of aromatic nitrogens is 1. The molecule has 0 radical (unpaired) electrons. The molecular formula is C22H21ClN4O4S. The van der Waals surface area contributed by atoms with Gasteiger partial charge in [0.2, 0.25) is 5.91 Å². The topological polar surface area (TPSA) is 105 Å². The van der Waals surface area contributed by atoms with Gasteiger partial charge in [-0.3, -0.25) is 19.7 Å². The highest BCUT2D eigenvalue weighted by Gasteiger charge is 2.29. The third kappa shape index (κ3) is 4.73. The van der Waals surface area contributed by atoms with E-state index in [4.69, 9.17) is 16.6 Å². The number of likely N-dealkylation sites (tertiary alicyclic amines) is 1. The van der Waals surface area contributed by atoms with E-state index in [0.717, 1.165) is 28.1 Å². The number of nitrogens with zero attached hydrogens (tertiary/aromatic N) is 3. The van der Waals surface area contributed by atoms with Gasteiger partial charge in [0.05, 0.1) is 20.1 Å². The van der Waals surface area contributed by atoms with Crippen molar-refractivity contribution in [2.45, 2.75) is 31.7 Å². The van der Waals surface area contributed by atoms with Crippen molar-refractivity contribution < 1.29 is 14.5 Å². The summed E-state index contributed by atoms with van der Waals surface area (Å²) in [6.45, 7) is 2.79. The highest BCUT2D eigenvalue weighted by molar-refractivity contribution is 7.18. The monoisotopic (exact) mass is 472 g/mol. The summed E-state index contributed by atoms with van der Waals surface area (Å²) >= 11 is 7.71. The second-order valence-electron chi connectivity index (χ2n) is 7.77. The fourth-order valence-corrected chi connectivity index (χ4v) is 5.10. The van der Waals surface area contributed by atoms with E-state index in [9.17, 15) is 19.7 Å². The molecule has 1 fully saturated rings. The Hall–Kier alpha value is -3.04. The summed E-state index contributed by atoms with van der Waals surface area (Å²) in [5.74, 6) is -0.402. The van der Waals surface area contributed by atoms with Gasteiger partial charge in [0.15, 0.2) is 0 Å². The van der Waals surface area contributed by atoms with Crippen LogP contribution in [0.4, 0.5) is 5.69 Å². The number of nitrogens with one attached hydrogen (secondary N) is 1. The van der Waals surface area contributed by atoms with E-state index in [1.54, 1.807) is 23.2 Å². The summed E-state index contributed by atoms with van der Waals surface area (Å²) in [5.41, 5.74) is 0.873. The van der Waals surface area contributed by atoms with Crippen molar-refractivity contribution in [1.82, 2.24) is 15.2 Å². The van der Waals surface area contributed by atoms with Crippen LogP contribution in [0.3, 0.4) is 0 Å². The van der Waals surface area contributed by atoms with Crippen molar-refractivity contribution in [3.63, 3.8) is 0 Å². The minimum atomic E-state index is -0.733. The zero-order chi connectivity index (χ0) is 22.8. The summed E-state index contributed by atoms with van der Waals surface area (Å²) in [4.78, 5) is 42.1. The summed E-state index contributed by atoms with van der Waals surface area (Å²) in [6.07, 6.45) is 1.59. The molecule has 1 aromatic heterocycles. The molecule has 1 N–H and O–H groups in total. The number of rotatable bonds is 5. The van der Waals surface area contributed by atoms with Crippen LogP contribution >= 0.6 is 22.9 Å². The van der Waals surface area contributed by atoms with E-state index in [-0.39, 0.29) is 23.1 Å². The van der Waals surface area contributed by atoms with Crippen molar-refractivity contribution in [2.75, 3.05) is 13.1 Å². The van der Waals surface area contributed by atoms with Gasteiger partial charge >= 0.3 is 0 Å². The largest absolute Gasteiger partial charge is 0.341 e. The second-order valence-corrected chi connectivity index (χ2v) is 9.26. The maximum atomic E-state index is 12.8. The minimum Gasteiger partial charge on any atom is -0.341 e. The lowest BCUT2D eigenvalue weighted by atomic mass is 9.97. The number of hydrogen-bond acceptors (Lipinski definition) is 6. The van der Waals surface area contributed by atoms with E-state index < -0.39 is 16.9 Å². The van der Waals surface area contributed by atoms with E-state index >= 15 is 0 Å². The zero-order valence-electron chi connectivity index (χ0n) is 17.3. The van der Waals surface area contributed by atoms with Gasteiger partial charge in [0.25, 0.3) is 11.6 Å². The number of thiazole rings is 1. The Morgan fingerprint density at radius 2 is 2.00 bits per heavy atom. The number of non-ortho nitro benzene ring substituents is 1. The van der Waals surface area contributed by atoms with E-state index in [1.807, 2.05) is 18.2 Å². The molecule has 166 valence electrons. The van der Waals surface area contributed by atoms with Crippen molar-refractivity contribution in [3.8, 4) is 0 Å². The predicted molar refractivity (Wildman–Crippen MR) is 123 cm³/mol. The number of amides is 2. The highest BCUT2D eigenvalue weighted by atomic mass is 35.5. The van der Waals surface area contributed by atoms with Crippen molar-refractivity contribution in [3.05, 3.63) is 68.2 Å². The van der Waals surface area contributed by atoms with E-state index in [2.05, 4.69) is 5.32 Å². The number of carbonyl (C=O) groups is 2. The molecule has 1 aliphatic rings. The molecule has 0 unspecified atom stereocenters. The van der Waals surface area contributed by atoms with E-state index in [0.29, 0.717) is 18.1 Å². The van der Waals surface area contributed by atoms with Gasteiger partial charge in [0, 0.05) is 41.7 Å². The van der Waals surface area contributed by atoms with Gasteiger partial charge in [0.1, 0.15) is 6.04 Å². The van der Waals surface area contributed by atoms with Crippen LogP contribution in [-0.2, 0) is 4.79 Å². The summed E-state index contributed by atoms with van der Waals surface area (Å²) in [5, 5.41) is 15.3. The van der Waals surface area contributed by atoms with Crippen molar-refractivity contribution in [1.29, 1.82) is 0 Å². The fraction of sp³-hybridized carbons (Fsp3) is 0.318. The molecule has 0 aliphatic carbocycles. The van der Waals surface area contributed by atoms with Gasteiger partial charge in [-0.15, -0.1) is 11.3 Å². The predicted octanol–water partition coefficient (Wildman–Crippen LogP) is 4.38. The highest BCUT2D eigenvalue weighted by Crippen LogP contribution is 2.34. The van der Waals surface area contributed by atoms with E-state index in [1.165, 1.54) is 24.3 Å². The molecule has 4 rings (SSSR count). The van der Waals surface area contributed by atoms with Gasteiger partial charge in [-0.25, -0.2) is 4.98 Å². The minimum absolute atomic E-state index is 0.147. The lowest BCUT2D eigenvalue weighted by Crippen LogP contribution is -2.49. The summed E-state index contributed by atoms with van der Waals surface area (Å²) < 4.78 is 1.10. The number of hydrogen-bond donors (Lipinski definition) is 1. The molecule has 2 amide bonds. The Kier molecular flexibility index (Phi) is 6.38. The van der Waals surface area contributed by atoms with Crippen LogP contribution in [-0.4, -0.2) is 45.8 Å². The Morgan fingerprint density at radius 1 is 1.25 bits per heavy atom. The smallest absolute Gasteiger partial charge is 0.270 e. The van der Waals surface area contributed by atoms with Crippen LogP contribution in [0, 0.1) is 10.1 Å². The molecule has 0 bridgehead atoms. The maximum absolute atomic E-state index is 12.8. The van der Waals surface area contributed by atoms with Crippen LogP contribution < -0.4 is 5.32 Å². The van der Waals surface area contributed by atoms with Crippen LogP contribution in [0.25, 0.3) is 10.2 Å². The Labute approximate surface area is 193 Å². The molecular weight excluding hydrogens is 452 g/mol. The SMILES string of the molecule is C[C@H](NC(=O)c1cccc([N+](=O)[O-])c1)C(=O)N1CCC(c2nc3cc(Cl)ccc3s2)CC1. The van der Waals surface area contributed by atoms with Crippen LogP contribution in [0.1, 0.15) is 41.0 Å². The first-order valence-electron chi connectivity index (χ1n) is 10.2. The standard InChI is InChI=1S/C22H21ClN4O4S/c1-13(24-20(28)15-3-2-4-17(11-15)27(30)31)22(29)26-9-7-14(8-10-26)21-25-18-12-16(23)5-6-19(18)32-21/h2-6,11-14H,7-10H2,1H3,(H,24,28)/t13-/m0/s1. The molecule has 0 saturated carbocycles. The fourth-order valence-electron chi connectivity index (χ4n) is 3.82. The number of piperidine rings is 1. The lowest BCUT2D eigenvalue weighted by Gasteiger charge is -2.33. The van der Waals surface area contributed by atoms with Gasteiger partial charge < -0.3 is 10.2 Å². The average molecular weight is 473 g/mol. The molecule has 2 heterocycles. The normalized spacial score (nSPS) is 15.5. The molecule has 1 aliphatic heterocycles. The lowest BCUT2D eigenvalue weighted by molar-refractivity contribution is -0.384. The quantitative estimate of drug-likeness (QED) is 0.438. The van der Waals surface area contributed by atoms with Crippen LogP contribution in [0.5, 0.6) is 0 Å². The Morgan fingerprint density at radius 3 is 2.72 bits per heavy atom. The number of carbonyl (C=O) groups excluding carboxylic acids is 2. The molecule has 1 atom stereocenters. The van der Waals surface area contributed by atoms with Gasteiger partial charge in [-0.05, 0) is 44.0 Å². The van der Waals surface area contributed by atoms with Gasteiger partial charge in [-0.1, -0.05) is 17.7 Å². The zero-order valence-corrected chi connectivity index (χ0v) is 18.9. The second kappa shape index (κ2) is 9.22. The third-order valence-electron chi connectivity index (χ3n) is 5.56. The van der Waals surface area contributed by atoms with Crippen molar-refractivity contribution in [2.24, 2.45) is 0 Å². The van der Waals surface area contributed by atoms with Crippen LogP contribution in [0.2, 0.25) is 5.02 Å². The first kappa shape index (κ1) is 22.2. The number of halogens is 1. The Balaban J connectivity index is 1.34. The molecule has 3 aromatic rings. The molecule has 1 saturated heterocycles. The first-order chi connectivity index (χ1) is 15.3. The number of nitro benzene ring substituents is 1. The van der Waals surface area contributed by atoms with Gasteiger partial charge in [-0.2, -0.15) is 0 Å². The third-order valence-corrected chi connectivity index (χ3v) is 6.99. The first-order valence-corrected chi connectivity index (χ1v) is 11.4. The Bertz CT molecular complexity index is 1190. The molecule has 0 spiro atoms. The summed E-state index contributed by atoms with van der Waals surface area (Å²) in [6, 6.07) is 10.4. The number of nitro groups is 1. The number of fused-ring (bicyclic) bond motifs is 1. The summed E-state index contributed by atoms with van der Waals surface area (Å²) in [7, 11) is 0. The molecule has 8 nitrogen and oxygen atoms in total. The maximum Gasteiger partial charge on any atom is 0.270 e. The van der Waals surface area contributed by atoms with Crippen molar-refractivity contribution >= 4 is 50.7 Å². The average Bonchev–Trinajstić information content (AvgIpc) is 3.22. The molecule has 10 heteroatoms. The molecule has 32 heavy (non-hydrogen) atoms. The number of benzene rings is 2. The van der Waals surface area contributed by atoms with Crippen LogP contribution in [0.15, 0.2) is 42.5 Å².